The van der Waals surface area contributed by atoms with Crippen LogP contribution in [-0.4, -0.2) is 27.7 Å². The van der Waals surface area contributed by atoms with Crippen LogP contribution >= 0.6 is 0 Å². The minimum Gasteiger partial charge on any atom is -0.486 e. The maximum Gasteiger partial charge on any atom is 0.416 e. The predicted molar refractivity (Wildman–Crippen MR) is 131 cm³/mol. The lowest BCUT2D eigenvalue weighted by Gasteiger charge is -2.38. The molecule has 1 saturated carbocycles. The second-order valence-corrected chi connectivity index (χ2v) is 11.4. The zero-order valence-electron chi connectivity index (χ0n) is 20.3. The second kappa shape index (κ2) is 10.3. The van der Waals surface area contributed by atoms with Crippen LogP contribution in [-0.2, 0) is 16.2 Å². The number of fused-ring (bicyclic) bond motifs is 1. The fourth-order valence-electron chi connectivity index (χ4n) is 4.80. The number of halogens is 6. The van der Waals surface area contributed by atoms with Crippen molar-refractivity contribution in [2.75, 3.05) is 10.8 Å². The molecule has 5 rings (SSSR count). The molecule has 0 spiro atoms. The van der Waals surface area contributed by atoms with Gasteiger partial charge in [0, 0.05) is 6.07 Å². The first-order valence-corrected chi connectivity index (χ1v) is 13.6. The molecular formula is C27H23F6NO4S. The lowest BCUT2D eigenvalue weighted by molar-refractivity contribution is -0.137. The topological polar surface area (TPSA) is 55.8 Å². The standard InChI is InChI=1S/C27H23F6NO4S/c28-20-10-18(11-21(14-20)38-26(29)30)17-7-8-25-24(12-17)34(15-22(37-25)9-16-3-1-4-16)39(35,36)23-6-2-5-19(13-23)27(31,32)33/h2,5-8,10-14,16,22,26H,1,3-4,9,15H2. The van der Waals surface area contributed by atoms with Gasteiger partial charge in [0.15, 0.2) is 0 Å². The molecule has 1 unspecified atom stereocenters. The summed E-state index contributed by atoms with van der Waals surface area (Å²) in [6.07, 6.45) is -1.68. The van der Waals surface area contributed by atoms with Crippen LogP contribution in [0.2, 0.25) is 0 Å². The van der Waals surface area contributed by atoms with Gasteiger partial charge in [0.1, 0.15) is 23.4 Å². The van der Waals surface area contributed by atoms with Crippen LogP contribution in [0.15, 0.2) is 65.6 Å². The molecule has 1 atom stereocenters. The van der Waals surface area contributed by atoms with Crippen LogP contribution in [0.1, 0.15) is 31.2 Å². The Bertz CT molecular complexity index is 1470. The highest BCUT2D eigenvalue weighted by molar-refractivity contribution is 7.92. The maximum atomic E-state index is 14.2. The molecule has 39 heavy (non-hydrogen) atoms. The highest BCUT2D eigenvalue weighted by Crippen LogP contribution is 2.43. The highest BCUT2D eigenvalue weighted by atomic mass is 32.2. The van der Waals surface area contributed by atoms with Gasteiger partial charge in [-0.05, 0) is 65.9 Å². The zero-order chi connectivity index (χ0) is 27.9. The van der Waals surface area contributed by atoms with E-state index in [1.54, 1.807) is 0 Å². The summed E-state index contributed by atoms with van der Waals surface area (Å²) in [6, 6.07) is 10.9. The molecule has 2 aliphatic rings. The van der Waals surface area contributed by atoms with Crippen LogP contribution in [0.5, 0.6) is 11.5 Å². The SMILES string of the molecule is O=S(=O)(c1cccc(C(F)(F)F)c1)N1CC(CC2CCC2)Oc2ccc(-c3cc(F)cc(OC(F)F)c3)cc21. The molecule has 1 fully saturated rings. The number of hydrogen-bond acceptors (Lipinski definition) is 4. The molecule has 0 radical (unpaired) electrons. The summed E-state index contributed by atoms with van der Waals surface area (Å²) in [7, 11) is -4.49. The van der Waals surface area contributed by atoms with Crippen molar-refractivity contribution >= 4 is 15.7 Å². The quantitative estimate of drug-likeness (QED) is 0.280. The monoisotopic (exact) mass is 571 g/mol. The normalized spacial score (nSPS) is 17.9. The Hall–Kier alpha value is -3.41. The van der Waals surface area contributed by atoms with E-state index in [9.17, 15) is 34.8 Å². The fourth-order valence-corrected chi connectivity index (χ4v) is 6.35. The van der Waals surface area contributed by atoms with Gasteiger partial charge in [0.2, 0.25) is 0 Å². The molecule has 3 aromatic rings. The van der Waals surface area contributed by atoms with Gasteiger partial charge in [-0.15, -0.1) is 0 Å². The third-order valence-electron chi connectivity index (χ3n) is 6.89. The molecule has 0 amide bonds. The van der Waals surface area contributed by atoms with Crippen molar-refractivity contribution < 1.29 is 44.2 Å². The number of anilines is 1. The summed E-state index contributed by atoms with van der Waals surface area (Å²) in [6.45, 7) is -3.33. The van der Waals surface area contributed by atoms with Crippen molar-refractivity contribution in [3.05, 3.63) is 72.0 Å². The van der Waals surface area contributed by atoms with E-state index in [-0.39, 0.29) is 29.1 Å². The Kier molecular flexibility index (Phi) is 7.17. The summed E-state index contributed by atoms with van der Waals surface area (Å²) in [5.74, 6) is -0.742. The van der Waals surface area contributed by atoms with E-state index in [1.807, 2.05) is 0 Å². The smallest absolute Gasteiger partial charge is 0.416 e. The third-order valence-corrected chi connectivity index (χ3v) is 8.67. The van der Waals surface area contributed by atoms with Crippen LogP contribution in [0.4, 0.5) is 32.0 Å². The van der Waals surface area contributed by atoms with E-state index in [0.717, 1.165) is 53.9 Å². The first-order chi connectivity index (χ1) is 18.4. The van der Waals surface area contributed by atoms with Crippen molar-refractivity contribution in [2.24, 2.45) is 5.92 Å². The lowest BCUT2D eigenvalue weighted by atomic mass is 9.81. The van der Waals surface area contributed by atoms with Gasteiger partial charge < -0.3 is 9.47 Å². The molecule has 1 aliphatic heterocycles. The van der Waals surface area contributed by atoms with E-state index in [4.69, 9.17) is 4.74 Å². The Morgan fingerprint density at radius 2 is 1.77 bits per heavy atom. The molecule has 3 aromatic carbocycles. The van der Waals surface area contributed by atoms with E-state index >= 15 is 0 Å². The molecule has 0 bridgehead atoms. The molecule has 208 valence electrons. The number of sulfonamides is 1. The van der Waals surface area contributed by atoms with Crippen molar-refractivity contribution in [2.45, 2.75) is 49.5 Å². The van der Waals surface area contributed by atoms with Gasteiger partial charge in [-0.3, -0.25) is 4.31 Å². The van der Waals surface area contributed by atoms with Gasteiger partial charge in [-0.25, -0.2) is 12.8 Å². The van der Waals surface area contributed by atoms with Crippen molar-refractivity contribution in [3.63, 3.8) is 0 Å². The summed E-state index contributed by atoms with van der Waals surface area (Å²) in [5.41, 5.74) is -0.683. The highest BCUT2D eigenvalue weighted by Gasteiger charge is 2.38. The summed E-state index contributed by atoms with van der Waals surface area (Å²) >= 11 is 0. The third kappa shape index (κ3) is 5.80. The minimum absolute atomic E-state index is 0.0374. The number of ether oxygens (including phenoxy) is 2. The summed E-state index contributed by atoms with van der Waals surface area (Å²) in [4.78, 5) is -0.545. The van der Waals surface area contributed by atoms with Gasteiger partial charge in [0.05, 0.1) is 22.7 Å². The van der Waals surface area contributed by atoms with E-state index in [1.165, 1.54) is 24.3 Å². The first-order valence-electron chi connectivity index (χ1n) is 12.2. The molecule has 5 nitrogen and oxygen atoms in total. The first kappa shape index (κ1) is 27.2. The lowest BCUT2D eigenvalue weighted by Crippen LogP contribution is -2.44. The van der Waals surface area contributed by atoms with Crippen molar-refractivity contribution in [3.8, 4) is 22.6 Å². The number of hydrogen-bond donors (Lipinski definition) is 0. The van der Waals surface area contributed by atoms with Crippen LogP contribution in [0.25, 0.3) is 11.1 Å². The summed E-state index contributed by atoms with van der Waals surface area (Å²) in [5, 5.41) is 0. The molecule has 0 N–H and O–H groups in total. The second-order valence-electron chi connectivity index (χ2n) is 9.57. The predicted octanol–water partition coefficient (Wildman–Crippen LogP) is 7.26. The van der Waals surface area contributed by atoms with Gasteiger partial charge in [-0.1, -0.05) is 31.4 Å². The number of nitrogens with zero attached hydrogens (tertiary/aromatic N) is 1. The van der Waals surface area contributed by atoms with Gasteiger partial charge in [0.25, 0.3) is 10.0 Å². The van der Waals surface area contributed by atoms with Crippen LogP contribution in [0, 0.1) is 11.7 Å². The Morgan fingerprint density at radius 3 is 2.44 bits per heavy atom. The molecular weight excluding hydrogens is 548 g/mol. The molecule has 1 heterocycles. The Labute approximate surface area is 221 Å². The minimum atomic E-state index is -4.75. The number of rotatable bonds is 7. The fraction of sp³-hybridized carbons (Fsp3) is 0.333. The van der Waals surface area contributed by atoms with E-state index in [2.05, 4.69) is 4.74 Å². The van der Waals surface area contributed by atoms with Crippen LogP contribution < -0.4 is 13.8 Å². The molecule has 0 saturated heterocycles. The van der Waals surface area contributed by atoms with Gasteiger partial charge >= 0.3 is 12.8 Å². The average Bonchev–Trinajstić information content (AvgIpc) is 2.84. The van der Waals surface area contributed by atoms with E-state index < -0.39 is 50.9 Å². The van der Waals surface area contributed by atoms with Crippen molar-refractivity contribution in [1.29, 1.82) is 0 Å². The largest absolute Gasteiger partial charge is 0.486 e. The Balaban J connectivity index is 1.58. The molecule has 0 aromatic heterocycles. The maximum absolute atomic E-state index is 14.2. The molecule has 1 aliphatic carbocycles. The Morgan fingerprint density at radius 1 is 1.00 bits per heavy atom. The van der Waals surface area contributed by atoms with Crippen molar-refractivity contribution in [1.82, 2.24) is 0 Å². The summed E-state index contributed by atoms with van der Waals surface area (Å²) < 4.78 is 119. The van der Waals surface area contributed by atoms with Gasteiger partial charge in [-0.2, -0.15) is 22.0 Å². The molecule has 12 heteroatoms. The van der Waals surface area contributed by atoms with Crippen LogP contribution in [0.3, 0.4) is 0 Å². The zero-order valence-corrected chi connectivity index (χ0v) is 21.1. The average molecular weight is 572 g/mol. The number of benzene rings is 3. The number of alkyl halides is 5. The van der Waals surface area contributed by atoms with E-state index in [0.29, 0.717) is 18.4 Å².